The van der Waals surface area contributed by atoms with Crippen molar-refractivity contribution >= 4 is 22.4 Å². The lowest BCUT2D eigenvalue weighted by molar-refractivity contribution is -0.118. The Morgan fingerprint density at radius 1 is 1.06 bits per heavy atom. The molecule has 0 radical (unpaired) electrons. The van der Waals surface area contributed by atoms with Gasteiger partial charge in [0.05, 0.1) is 11.5 Å². The highest BCUT2D eigenvalue weighted by atomic mass is 32.1. The van der Waals surface area contributed by atoms with Crippen molar-refractivity contribution in [3.63, 3.8) is 0 Å². The number of carbonyl (C=O) groups excluding carboxylic acids is 1. The maximum absolute atomic E-state index is 12.5. The normalized spacial score (nSPS) is 14.6. The van der Waals surface area contributed by atoms with Crippen LogP contribution in [0.5, 0.6) is 11.5 Å². The molecule has 1 N–H and O–H groups in total. The molecule has 2 aliphatic rings. The molecule has 34 heavy (non-hydrogen) atoms. The third kappa shape index (κ3) is 6.81. The Kier molecular flexibility index (Phi) is 11.0. The number of carbonyl (C=O) groups is 1. The van der Waals surface area contributed by atoms with Crippen LogP contribution >= 0.6 is 11.3 Å². The monoisotopic (exact) mass is 484 g/mol. The van der Waals surface area contributed by atoms with Crippen molar-refractivity contribution in [1.82, 2.24) is 4.98 Å². The summed E-state index contributed by atoms with van der Waals surface area (Å²) in [7, 11) is 1.72. The SMILES string of the molecule is CC.CC.COC(C)c1ccccc1.O=C(Nc1nccs1)C1(c2ccc3c(c2)OCO3)CC1. The van der Waals surface area contributed by atoms with Gasteiger partial charge < -0.3 is 19.5 Å². The summed E-state index contributed by atoms with van der Waals surface area (Å²) < 4.78 is 15.8. The predicted octanol–water partition coefficient (Wildman–Crippen LogP) is 6.99. The van der Waals surface area contributed by atoms with Crippen LogP contribution in [-0.2, 0) is 14.9 Å². The average molecular weight is 485 g/mol. The van der Waals surface area contributed by atoms with E-state index in [1.54, 1.807) is 13.3 Å². The number of hydrogen-bond acceptors (Lipinski definition) is 6. The number of benzene rings is 2. The number of anilines is 1. The van der Waals surface area contributed by atoms with Gasteiger partial charge in [0.2, 0.25) is 12.7 Å². The van der Waals surface area contributed by atoms with Crippen molar-refractivity contribution < 1.29 is 19.0 Å². The Morgan fingerprint density at radius 3 is 2.32 bits per heavy atom. The minimum absolute atomic E-state index is 0.00585. The van der Waals surface area contributed by atoms with Crippen LogP contribution in [-0.4, -0.2) is 24.8 Å². The highest BCUT2D eigenvalue weighted by molar-refractivity contribution is 7.13. The molecule has 1 aliphatic carbocycles. The van der Waals surface area contributed by atoms with E-state index < -0.39 is 5.41 Å². The Balaban J connectivity index is 0.000000248. The van der Waals surface area contributed by atoms with Gasteiger partial charge >= 0.3 is 0 Å². The molecule has 184 valence electrons. The van der Waals surface area contributed by atoms with Crippen LogP contribution in [0.25, 0.3) is 0 Å². The number of ether oxygens (including phenoxy) is 3. The summed E-state index contributed by atoms with van der Waals surface area (Å²) in [6.07, 6.45) is 3.59. The molecule has 6 nitrogen and oxygen atoms in total. The maximum Gasteiger partial charge on any atom is 0.236 e. The predicted molar refractivity (Wildman–Crippen MR) is 139 cm³/mol. The minimum Gasteiger partial charge on any atom is -0.454 e. The van der Waals surface area contributed by atoms with Crippen molar-refractivity contribution in [2.75, 3.05) is 19.2 Å². The molecule has 0 saturated heterocycles. The lowest BCUT2D eigenvalue weighted by atomic mass is 9.94. The second kappa shape index (κ2) is 13.7. The van der Waals surface area contributed by atoms with Crippen LogP contribution in [0.2, 0.25) is 0 Å². The van der Waals surface area contributed by atoms with E-state index in [4.69, 9.17) is 14.2 Å². The fourth-order valence-electron chi connectivity index (χ4n) is 3.33. The summed E-state index contributed by atoms with van der Waals surface area (Å²) in [5, 5.41) is 5.37. The zero-order valence-electron chi connectivity index (χ0n) is 21.0. The van der Waals surface area contributed by atoms with Gasteiger partial charge in [-0.05, 0) is 43.0 Å². The first-order valence-corrected chi connectivity index (χ1v) is 12.7. The largest absolute Gasteiger partial charge is 0.454 e. The molecule has 2 aromatic carbocycles. The fourth-order valence-corrected chi connectivity index (χ4v) is 3.85. The molecular formula is C27H36N2O4S. The summed E-state index contributed by atoms with van der Waals surface area (Å²) >= 11 is 1.42. The topological polar surface area (TPSA) is 69.7 Å². The van der Waals surface area contributed by atoms with Gasteiger partial charge in [-0.1, -0.05) is 64.1 Å². The number of aromatic nitrogens is 1. The van der Waals surface area contributed by atoms with Crippen molar-refractivity contribution in [2.45, 2.75) is 59.0 Å². The number of methoxy groups -OCH3 is 1. The second-order valence-electron chi connectivity index (χ2n) is 7.23. The van der Waals surface area contributed by atoms with Gasteiger partial charge in [0.1, 0.15) is 0 Å². The first kappa shape index (κ1) is 27.3. The Morgan fingerprint density at radius 2 is 1.74 bits per heavy atom. The Bertz CT molecular complexity index is 989. The van der Waals surface area contributed by atoms with E-state index in [1.165, 1.54) is 16.9 Å². The number of hydrogen-bond donors (Lipinski definition) is 1. The molecule has 1 fully saturated rings. The van der Waals surface area contributed by atoms with Crippen molar-refractivity contribution in [3.8, 4) is 11.5 Å². The summed E-state index contributed by atoms with van der Waals surface area (Å²) in [4.78, 5) is 16.6. The summed E-state index contributed by atoms with van der Waals surface area (Å²) in [6.45, 7) is 10.3. The van der Waals surface area contributed by atoms with Crippen LogP contribution in [0.4, 0.5) is 5.13 Å². The van der Waals surface area contributed by atoms with E-state index >= 15 is 0 Å². The molecule has 0 spiro atoms. The van der Waals surface area contributed by atoms with Gasteiger partial charge in [-0.15, -0.1) is 11.3 Å². The number of amides is 1. The summed E-state index contributed by atoms with van der Waals surface area (Å²) in [5.41, 5.74) is 1.77. The zero-order chi connectivity index (χ0) is 25.0. The molecule has 1 saturated carbocycles. The molecular weight excluding hydrogens is 448 g/mol. The van der Waals surface area contributed by atoms with E-state index in [9.17, 15) is 4.79 Å². The lowest BCUT2D eigenvalue weighted by Gasteiger charge is -2.15. The molecule has 1 amide bonds. The third-order valence-electron chi connectivity index (χ3n) is 5.39. The standard InChI is InChI=1S/C14H12N2O3S.C9H12O.2C2H6/c17-12(16-13-15-5-6-20-13)14(3-4-14)9-1-2-10-11(7-9)19-8-18-10;1-8(10-2)9-6-4-3-5-7-9;2*1-2/h1-2,5-7H,3-4,8H2,(H,15,16,17);3-8H,1-2H3;2*1-2H3. The molecule has 0 bridgehead atoms. The summed E-state index contributed by atoms with van der Waals surface area (Å²) in [6, 6.07) is 15.9. The number of rotatable bonds is 5. The van der Waals surface area contributed by atoms with Crippen LogP contribution in [0.1, 0.15) is 64.7 Å². The number of fused-ring (bicyclic) bond motifs is 1. The number of thiazole rings is 1. The lowest BCUT2D eigenvalue weighted by Crippen LogP contribution is -2.27. The van der Waals surface area contributed by atoms with E-state index in [0.717, 1.165) is 29.9 Å². The number of nitrogens with zero attached hydrogens (tertiary/aromatic N) is 1. The maximum atomic E-state index is 12.5. The van der Waals surface area contributed by atoms with Crippen LogP contribution in [0, 0.1) is 0 Å². The van der Waals surface area contributed by atoms with Gasteiger partial charge in [0.15, 0.2) is 16.6 Å². The third-order valence-corrected chi connectivity index (χ3v) is 6.07. The molecule has 1 unspecified atom stereocenters. The van der Waals surface area contributed by atoms with E-state index in [-0.39, 0.29) is 18.8 Å². The van der Waals surface area contributed by atoms with Crippen LogP contribution in [0.3, 0.4) is 0 Å². The molecule has 5 rings (SSSR count). The van der Waals surface area contributed by atoms with Gasteiger partial charge in [-0.3, -0.25) is 4.79 Å². The van der Waals surface area contributed by atoms with Crippen molar-refractivity contribution in [2.24, 2.45) is 0 Å². The average Bonchev–Trinajstić information content (AvgIpc) is 3.31. The van der Waals surface area contributed by atoms with Gasteiger partial charge in [0.25, 0.3) is 0 Å². The molecule has 2 heterocycles. The smallest absolute Gasteiger partial charge is 0.236 e. The van der Waals surface area contributed by atoms with Gasteiger partial charge in [-0.2, -0.15) is 0 Å². The fraction of sp³-hybridized carbons (Fsp3) is 0.407. The first-order valence-electron chi connectivity index (χ1n) is 11.8. The van der Waals surface area contributed by atoms with Gasteiger partial charge in [-0.25, -0.2) is 4.98 Å². The van der Waals surface area contributed by atoms with Crippen LogP contribution < -0.4 is 14.8 Å². The van der Waals surface area contributed by atoms with Gasteiger partial charge in [0, 0.05) is 18.7 Å². The van der Waals surface area contributed by atoms with Crippen LogP contribution in [0.15, 0.2) is 60.1 Å². The van der Waals surface area contributed by atoms with Crippen molar-refractivity contribution in [3.05, 3.63) is 71.2 Å². The summed E-state index contributed by atoms with van der Waals surface area (Å²) in [5.74, 6) is 1.46. The second-order valence-corrected chi connectivity index (χ2v) is 8.12. The quantitative estimate of drug-likeness (QED) is 0.423. The Labute approximate surface area is 207 Å². The first-order chi connectivity index (χ1) is 16.6. The minimum atomic E-state index is -0.438. The molecule has 1 aliphatic heterocycles. The molecule has 1 aromatic heterocycles. The van der Waals surface area contributed by atoms with E-state index in [2.05, 4.69) is 22.4 Å². The van der Waals surface area contributed by atoms with E-state index in [0.29, 0.717) is 5.13 Å². The number of nitrogens with one attached hydrogen (secondary N) is 1. The van der Waals surface area contributed by atoms with E-state index in [1.807, 2.05) is 76.4 Å². The highest BCUT2D eigenvalue weighted by Gasteiger charge is 2.51. The highest BCUT2D eigenvalue weighted by Crippen LogP contribution is 2.51. The molecule has 1 atom stereocenters. The Hall–Kier alpha value is -2.90. The van der Waals surface area contributed by atoms with Crippen molar-refractivity contribution in [1.29, 1.82) is 0 Å². The molecule has 3 aromatic rings. The molecule has 7 heteroatoms. The zero-order valence-corrected chi connectivity index (χ0v) is 21.8.